The van der Waals surface area contributed by atoms with E-state index in [0.29, 0.717) is 0 Å². The van der Waals surface area contributed by atoms with E-state index in [1.54, 1.807) is 0 Å². The summed E-state index contributed by atoms with van der Waals surface area (Å²) in [5.41, 5.74) is 9.25. The highest BCUT2D eigenvalue weighted by Gasteiger charge is 2.21. The lowest BCUT2D eigenvalue weighted by Crippen LogP contribution is -1.95. The zero-order valence-electron chi connectivity index (χ0n) is 14.9. The van der Waals surface area contributed by atoms with Crippen LogP contribution in [-0.2, 0) is 6.42 Å². The fourth-order valence-electron chi connectivity index (χ4n) is 4.70. The van der Waals surface area contributed by atoms with Crippen LogP contribution in [0.1, 0.15) is 11.1 Å². The first-order valence-corrected chi connectivity index (χ1v) is 9.42. The average Bonchev–Trinajstić information content (AvgIpc) is 3.31. The standard InChI is InChI=1S/C24H14N4/c1-2-5-16-14(4-1)10-15-11-20-19(12-18(15)16)17-6-3-8-26-23(17)28-22-7-9-25-13-21(22)27-24(20)28/h1-9,11-13H,10H2. The van der Waals surface area contributed by atoms with Gasteiger partial charge in [-0.25, -0.2) is 9.97 Å². The van der Waals surface area contributed by atoms with Crippen LogP contribution in [0.3, 0.4) is 0 Å². The van der Waals surface area contributed by atoms with Gasteiger partial charge in [-0.1, -0.05) is 24.3 Å². The smallest absolute Gasteiger partial charge is 0.147 e. The number of benzene rings is 2. The van der Waals surface area contributed by atoms with Gasteiger partial charge in [0.25, 0.3) is 0 Å². The zero-order chi connectivity index (χ0) is 18.2. The van der Waals surface area contributed by atoms with E-state index in [9.17, 15) is 0 Å². The lowest BCUT2D eigenvalue weighted by Gasteiger charge is -2.10. The molecular formula is C24H14N4. The van der Waals surface area contributed by atoms with E-state index in [4.69, 9.17) is 9.97 Å². The monoisotopic (exact) mass is 358 g/mol. The van der Waals surface area contributed by atoms with Crippen molar-refractivity contribution in [2.24, 2.45) is 0 Å². The third-order valence-corrected chi connectivity index (χ3v) is 5.92. The molecule has 0 N–H and O–H groups in total. The molecule has 7 rings (SSSR count). The van der Waals surface area contributed by atoms with Gasteiger partial charge in [-0.05, 0) is 64.4 Å². The largest absolute Gasteiger partial charge is 0.276 e. The van der Waals surface area contributed by atoms with Crippen molar-refractivity contribution in [3.05, 3.63) is 84.3 Å². The van der Waals surface area contributed by atoms with Gasteiger partial charge in [-0.15, -0.1) is 0 Å². The van der Waals surface area contributed by atoms with Crippen molar-refractivity contribution in [1.82, 2.24) is 19.4 Å². The Balaban J connectivity index is 1.74. The molecule has 6 aromatic rings. The predicted molar refractivity (Wildman–Crippen MR) is 112 cm³/mol. The predicted octanol–water partition coefficient (Wildman–Crippen LogP) is 5.16. The normalized spacial score (nSPS) is 12.9. The Hall–Kier alpha value is -3.79. The number of hydrogen-bond acceptors (Lipinski definition) is 3. The molecule has 0 amide bonds. The van der Waals surface area contributed by atoms with Gasteiger partial charge < -0.3 is 0 Å². The molecule has 4 heterocycles. The number of aromatic nitrogens is 4. The van der Waals surface area contributed by atoms with Crippen LogP contribution in [0.15, 0.2) is 73.2 Å². The topological polar surface area (TPSA) is 43.1 Å². The molecule has 4 heteroatoms. The summed E-state index contributed by atoms with van der Waals surface area (Å²) in [5.74, 6) is 0. The van der Waals surface area contributed by atoms with Crippen molar-refractivity contribution in [2.45, 2.75) is 6.42 Å². The van der Waals surface area contributed by atoms with Gasteiger partial charge in [0.05, 0.1) is 11.7 Å². The molecule has 0 bridgehead atoms. The molecule has 1 aliphatic carbocycles. The molecule has 130 valence electrons. The van der Waals surface area contributed by atoms with E-state index in [1.807, 2.05) is 30.7 Å². The number of fused-ring (bicyclic) bond motifs is 11. The van der Waals surface area contributed by atoms with E-state index in [0.717, 1.165) is 34.1 Å². The molecule has 2 aromatic carbocycles. The third-order valence-electron chi connectivity index (χ3n) is 5.92. The lowest BCUT2D eigenvalue weighted by molar-refractivity contribution is 1.23. The summed E-state index contributed by atoms with van der Waals surface area (Å²) >= 11 is 0. The number of pyridine rings is 3. The number of nitrogens with zero attached hydrogens (tertiary/aromatic N) is 4. The van der Waals surface area contributed by atoms with Crippen LogP contribution in [0.5, 0.6) is 0 Å². The summed E-state index contributed by atoms with van der Waals surface area (Å²) in [6, 6.07) is 19.5. The second-order valence-electron chi connectivity index (χ2n) is 7.40. The van der Waals surface area contributed by atoms with Crippen molar-refractivity contribution in [2.75, 3.05) is 0 Å². The Kier molecular flexibility index (Phi) is 2.51. The van der Waals surface area contributed by atoms with Crippen molar-refractivity contribution < 1.29 is 0 Å². The van der Waals surface area contributed by atoms with Crippen LogP contribution in [0.4, 0.5) is 0 Å². The Morgan fingerprint density at radius 3 is 2.71 bits per heavy atom. The van der Waals surface area contributed by atoms with Crippen LogP contribution in [0, 0.1) is 0 Å². The molecule has 0 radical (unpaired) electrons. The van der Waals surface area contributed by atoms with Crippen molar-refractivity contribution in [1.29, 1.82) is 0 Å². The highest BCUT2D eigenvalue weighted by Crippen LogP contribution is 2.41. The summed E-state index contributed by atoms with van der Waals surface area (Å²) in [7, 11) is 0. The maximum absolute atomic E-state index is 4.93. The Labute approximate surface area is 160 Å². The van der Waals surface area contributed by atoms with Crippen LogP contribution < -0.4 is 0 Å². The number of imidazole rings is 1. The summed E-state index contributed by atoms with van der Waals surface area (Å²) in [6.07, 6.45) is 6.46. The maximum Gasteiger partial charge on any atom is 0.147 e. The second kappa shape index (κ2) is 4.93. The molecule has 0 atom stereocenters. The fraction of sp³-hybridized carbons (Fsp3) is 0.0417. The van der Waals surface area contributed by atoms with Gasteiger partial charge in [0, 0.05) is 23.2 Å². The van der Waals surface area contributed by atoms with E-state index in [-0.39, 0.29) is 0 Å². The van der Waals surface area contributed by atoms with Crippen LogP contribution >= 0.6 is 0 Å². The van der Waals surface area contributed by atoms with Crippen molar-refractivity contribution in [3.63, 3.8) is 0 Å². The number of rotatable bonds is 0. The first kappa shape index (κ1) is 14.3. The SMILES string of the molecule is c1ccc2c(c1)Cc1cc3c(cc1-2)c1cccnc1n1c2ccncc2nc31. The molecule has 0 aliphatic heterocycles. The summed E-state index contributed by atoms with van der Waals surface area (Å²) in [4.78, 5) is 13.9. The molecule has 4 aromatic heterocycles. The van der Waals surface area contributed by atoms with Crippen LogP contribution in [0.25, 0.3) is 49.6 Å². The van der Waals surface area contributed by atoms with Gasteiger partial charge in [-0.2, -0.15) is 0 Å². The van der Waals surface area contributed by atoms with E-state index in [2.05, 4.69) is 51.8 Å². The second-order valence-corrected chi connectivity index (χ2v) is 7.40. The van der Waals surface area contributed by atoms with Crippen molar-refractivity contribution >= 4 is 38.5 Å². The fourth-order valence-corrected chi connectivity index (χ4v) is 4.70. The van der Waals surface area contributed by atoms with E-state index < -0.39 is 0 Å². The molecule has 0 spiro atoms. The van der Waals surface area contributed by atoms with Crippen molar-refractivity contribution in [3.8, 4) is 11.1 Å². The lowest BCUT2D eigenvalue weighted by atomic mass is 9.99. The molecule has 0 fully saturated rings. The first-order valence-electron chi connectivity index (χ1n) is 9.42. The minimum absolute atomic E-state index is 0.894. The van der Waals surface area contributed by atoms with Gasteiger partial charge in [0.1, 0.15) is 16.8 Å². The highest BCUT2D eigenvalue weighted by atomic mass is 15.1. The third kappa shape index (κ3) is 1.68. The molecular weight excluding hydrogens is 344 g/mol. The average molecular weight is 358 g/mol. The molecule has 1 aliphatic rings. The summed E-state index contributed by atoms with van der Waals surface area (Å²) in [5, 5.41) is 3.52. The minimum atomic E-state index is 0.894. The Morgan fingerprint density at radius 1 is 0.750 bits per heavy atom. The van der Waals surface area contributed by atoms with Crippen LogP contribution in [-0.4, -0.2) is 19.4 Å². The van der Waals surface area contributed by atoms with Crippen LogP contribution in [0.2, 0.25) is 0 Å². The van der Waals surface area contributed by atoms with Gasteiger partial charge in [0.2, 0.25) is 0 Å². The Morgan fingerprint density at radius 2 is 1.71 bits per heavy atom. The van der Waals surface area contributed by atoms with Gasteiger partial charge in [-0.3, -0.25) is 9.38 Å². The number of hydrogen-bond donors (Lipinski definition) is 0. The summed E-state index contributed by atoms with van der Waals surface area (Å²) < 4.78 is 2.17. The molecule has 0 saturated heterocycles. The Bertz CT molecular complexity index is 1590. The minimum Gasteiger partial charge on any atom is -0.276 e. The summed E-state index contributed by atoms with van der Waals surface area (Å²) in [6.45, 7) is 0. The van der Waals surface area contributed by atoms with E-state index in [1.165, 1.54) is 33.0 Å². The first-order chi connectivity index (χ1) is 13.9. The van der Waals surface area contributed by atoms with Gasteiger partial charge in [0.15, 0.2) is 0 Å². The van der Waals surface area contributed by atoms with Gasteiger partial charge >= 0.3 is 0 Å². The van der Waals surface area contributed by atoms with E-state index >= 15 is 0 Å². The quantitative estimate of drug-likeness (QED) is 0.352. The molecule has 4 nitrogen and oxygen atoms in total. The molecule has 0 saturated carbocycles. The zero-order valence-corrected chi connectivity index (χ0v) is 14.9. The molecule has 0 unspecified atom stereocenters. The maximum atomic E-state index is 4.93. The molecule has 28 heavy (non-hydrogen) atoms. The highest BCUT2D eigenvalue weighted by molar-refractivity contribution is 6.14.